The van der Waals surface area contributed by atoms with Gasteiger partial charge in [-0.25, -0.2) is 0 Å². The van der Waals surface area contributed by atoms with E-state index >= 15 is 0 Å². The zero-order valence-electron chi connectivity index (χ0n) is 29.1. The van der Waals surface area contributed by atoms with E-state index in [1.807, 2.05) is 22.7 Å². The quantitative estimate of drug-likeness (QED) is 0.160. The van der Waals surface area contributed by atoms with Crippen LogP contribution in [0.25, 0.3) is 117 Å². The first kappa shape index (κ1) is 30.2. The molecule has 2 aromatic heterocycles. The van der Waals surface area contributed by atoms with Crippen LogP contribution in [0.15, 0.2) is 182 Å². The second-order valence-electron chi connectivity index (χ2n) is 14.4. The summed E-state index contributed by atoms with van der Waals surface area (Å²) in [5.41, 5.74) is 7.54. The number of fused-ring (bicyclic) bond motifs is 12. The van der Waals surface area contributed by atoms with E-state index in [0.29, 0.717) is 0 Å². The summed E-state index contributed by atoms with van der Waals surface area (Å²) < 4.78 is 5.44. The number of rotatable bonds is 3. The van der Waals surface area contributed by atoms with Crippen molar-refractivity contribution < 1.29 is 0 Å². The minimum Gasteiger partial charge on any atom is -0.135 e. The number of thiophene rings is 2. The lowest BCUT2D eigenvalue weighted by Crippen LogP contribution is -1.91. The van der Waals surface area contributed by atoms with Gasteiger partial charge in [-0.3, -0.25) is 0 Å². The Morgan fingerprint density at radius 3 is 1.52 bits per heavy atom. The Hall–Kier alpha value is -6.32. The monoisotopic (exact) mass is 718 g/mol. The first-order valence-electron chi connectivity index (χ1n) is 18.5. The van der Waals surface area contributed by atoms with E-state index < -0.39 is 0 Å². The lowest BCUT2D eigenvalue weighted by Gasteiger charge is -2.18. The molecule has 0 saturated carbocycles. The molecule has 0 fully saturated rings. The summed E-state index contributed by atoms with van der Waals surface area (Å²) in [7, 11) is 0. The van der Waals surface area contributed by atoms with Gasteiger partial charge in [-0.15, -0.1) is 22.7 Å². The molecule has 12 rings (SSSR count). The van der Waals surface area contributed by atoms with E-state index in [1.165, 1.54) is 117 Å². The maximum atomic E-state index is 2.41. The van der Waals surface area contributed by atoms with Crippen molar-refractivity contribution in [1.29, 1.82) is 0 Å². The van der Waals surface area contributed by atoms with Crippen LogP contribution in [-0.4, -0.2) is 0 Å². The molecule has 2 heterocycles. The van der Waals surface area contributed by atoms with Crippen LogP contribution >= 0.6 is 22.7 Å². The molecule has 0 radical (unpaired) electrons. The van der Waals surface area contributed by atoms with Crippen molar-refractivity contribution in [3.8, 4) is 33.4 Å². The van der Waals surface area contributed by atoms with Crippen molar-refractivity contribution in [2.75, 3.05) is 0 Å². The Kier molecular flexibility index (Phi) is 6.48. The first-order chi connectivity index (χ1) is 26.8. The molecule has 0 aliphatic rings. The average Bonchev–Trinajstić information content (AvgIpc) is 3.81. The third-order valence-corrected chi connectivity index (χ3v) is 13.8. The zero-order valence-corrected chi connectivity index (χ0v) is 30.8. The molecule has 0 nitrogen and oxygen atoms in total. The topological polar surface area (TPSA) is 0 Å². The van der Waals surface area contributed by atoms with Gasteiger partial charge in [0.15, 0.2) is 0 Å². The molecule has 250 valence electrons. The Morgan fingerprint density at radius 1 is 0.259 bits per heavy atom. The SMILES string of the molecule is c1ccc2cc(-c3c4ccccc4c(-c4ccc(-c5ccc6ccc7c(sc8ccc9sc%10ccccc%10c9c87)c6c5)cc4)c4ccccc34)ccc2c1. The standard InChI is InChI=1S/C52H30S2/c1-2-10-35-29-37(24-19-31(35)9-1)49-40-13-5-3-11-38(40)48(39-12-4-6-14-41(39)49)34-21-17-32(18-22-34)36-23-20-33-25-26-43-51-47(54-52(43)44(33)30-36)28-27-46-50(51)42-15-7-8-16-45(42)53-46/h1-30H. The molecule has 0 bridgehead atoms. The highest BCUT2D eigenvalue weighted by atomic mass is 32.1. The van der Waals surface area contributed by atoms with Crippen LogP contribution in [0.1, 0.15) is 0 Å². The third kappa shape index (κ3) is 4.42. The molecule has 54 heavy (non-hydrogen) atoms. The summed E-state index contributed by atoms with van der Waals surface area (Å²) in [6, 6.07) is 67.8. The lowest BCUT2D eigenvalue weighted by atomic mass is 9.85. The summed E-state index contributed by atoms with van der Waals surface area (Å²) in [6.07, 6.45) is 0. The Morgan fingerprint density at radius 2 is 0.778 bits per heavy atom. The van der Waals surface area contributed by atoms with Crippen molar-refractivity contribution in [3.63, 3.8) is 0 Å². The molecular weight excluding hydrogens is 689 g/mol. The smallest absolute Gasteiger partial charge is 0.0434 e. The van der Waals surface area contributed by atoms with Gasteiger partial charge >= 0.3 is 0 Å². The molecule has 0 spiro atoms. The minimum absolute atomic E-state index is 1.23. The van der Waals surface area contributed by atoms with Crippen molar-refractivity contribution in [2.45, 2.75) is 0 Å². The summed E-state index contributed by atoms with van der Waals surface area (Å²) in [4.78, 5) is 0. The highest BCUT2D eigenvalue weighted by molar-refractivity contribution is 7.28. The maximum Gasteiger partial charge on any atom is 0.0434 e. The van der Waals surface area contributed by atoms with E-state index in [0.717, 1.165) is 0 Å². The molecule has 0 atom stereocenters. The maximum absolute atomic E-state index is 2.41. The highest BCUT2D eigenvalue weighted by Gasteiger charge is 2.18. The second-order valence-corrected chi connectivity index (χ2v) is 16.5. The van der Waals surface area contributed by atoms with Gasteiger partial charge in [-0.2, -0.15) is 0 Å². The summed E-state index contributed by atoms with van der Waals surface area (Å²) in [5.74, 6) is 0. The van der Waals surface area contributed by atoms with Gasteiger partial charge < -0.3 is 0 Å². The van der Waals surface area contributed by atoms with Gasteiger partial charge in [0.25, 0.3) is 0 Å². The second kappa shape index (κ2) is 11.6. The van der Waals surface area contributed by atoms with Crippen LogP contribution in [-0.2, 0) is 0 Å². The predicted octanol–water partition coefficient (Wildman–Crippen LogP) is 16.0. The number of hydrogen-bond acceptors (Lipinski definition) is 2. The molecule has 0 aliphatic carbocycles. The Balaban J connectivity index is 1.01. The summed E-state index contributed by atoms with van der Waals surface area (Å²) in [6.45, 7) is 0. The van der Waals surface area contributed by atoms with Crippen LogP contribution in [0.2, 0.25) is 0 Å². The predicted molar refractivity (Wildman–Crippen MR) is 239 cm³/mol. The molecule has 12 aromatic rings. The van der Waals surface area contributed by atoms with Crippen LogP contribution in [0, 0.1) is 0 Å². The van der Waals surface area contributed by atoms with Crippen LogP contribution in [0.3, 0.4) is 0 Å². The molecule has 2 heteroatoms. The van der Waals surface area contributed by atoms with Crippen molar-refractivity contribution in [2.24, 2.45) is 0 Å². The van der Waals surface area contributed by atoms with Gasteiger partial charge in [0.05, 0.1) is 0 Å². The molecule has 10 aromatic carbocycles. The normalized spacial score (nSPS) is 12.1. The van der Waals surface area contributed by atoms with E-state index in [1.54, 1.807) is 0 Å². The minimum atomic E-state index is 1.23. The van der Waals surface area contributed by atoms with E-state index in [-0.39, 0.29) is 0 Å². The fraction of sp³-hybridized carbons (Fsp3) is 0. The van der Waals surface area contributed by atoms with Crippen LogP contribution in [0.5, 0.6) is 0 Å². The van der Waals surface area contributed by atoms with Gasteiger partial charge in [-0.05, 0) is 101 Å². The van der Waals surface area contributed by atoms with Gasteiger partial charge in [0.1, 0.15) is 0 Å². The lowest BCUT2D eigenvalue weighted by molar-refractivity contribution is 1.63. The average molecular weight is 719 g/mol. The van der Waals surface area contributed by atoms with Crippen molar-refractivity contribution in [3.05, 3.63) is 182 Å². The Bertz CT molecular complexity index is 3430. The molecule has 0 saturated heterocycles. The fourth-order valence-electron chi connectivity index (χ4n) is 8.96. The Labute approximate surface area is 319 Å². The molecule has 0 amide bonds. The summed E-state index contributed by atoms with van der Waals surface area (Å²) >= 11 is 3.82. The molecule has 0 N–H and O–H groups in total. The van der Waals surface area contributed by atoms with Crippen molar-refractivity contribution >= 4 is 106 Å². The third-order valence-electron chi connectivity index (χ3n) is 11.4. The van der Waals surface area contributed by atoms with E-state index in [2.05, 4.69) is 182 Å². The fourth-order valence-corrected chi connectivity index (χ4v) is 11.3. The van der Waals surface area contributed by atoms with E-state index in [4.69, 9.17) is 0 Å². The number of hydrogen-bond donors (Lipinski definition) is 0. The largest absolute Gasteiger partial charge is 0.135 e. The van der Waals surface area contributed by atoms with E-state index in [9.17, 15) is 0 Å². The highest BCUT2D eigenvalue weighted by Crippen LogP contribution is 2.47. The van der Waals surface area contributed by atoms with Gasteiger partial charge in [0.2, 0.25) is 0 Å². The van der Waals surface area contributed by atoms with Crippen LogP contribution < -0.4 is 0 Å². The number of benzene rings is 10. The van der Waals surface area contributed by atoms with Crippen LogP contribution in [0.4, 0.5) is 0 Å². The molecule has 0 unspecified atom stereocenters. The molecule has 0 aliphatic heterocycles. The zero-order chi connectivity index (χ0) is 35.3. The van der Waals surface area contributed by atoms with Crippen molar-refractivity contribution in [1.82, 2.24) is 0 Å². The van der Waals surface area contributed by atoms with Gasteiger partial charge in [-0.1, -0.05) is 152 Å². The summed E-state index contributed by atoms with van der Waals surface area (Å²) in [5, 5.41) is 15.8. The van der Waals surface area contributed by atoms with Gasteiger partial charge in [0, 0.05) is 45.7 Å². The first-order valence-corrected chi connectivity index (χ1v) is 20.1. The molecular formula is C52H30S2.